The van der Waals surface area contributed by atoms with E-state index in [2.05, 4.69) is 25.3 Å². The van der Waals surface area contributed by atoms with Gasteiger partial charge >= 0.3 is 0 Å². The fourth-order valence-corrected chi connectivity index (χ4v) is 4.41. The molecule has 0 amide bonds. The van der Waals surface area contributed by atoms with Gasteiger partial charge in [0, 0.05) is 13.2 Å². The van der Waals surface area contributed by atoms with Crippen LogP contribution in [0.2, 0.25) is 0 Å². The molecular formula is C18H16N8OS. The lowest BCUT2D eigenvalue weighted by Crippen LogP contribution is -2.26. The summed E-state index contributed by atoms with van der Waals surface area (Å²) in [4.78, 5) is 22.2. The highest BCUT2D eigenvalue weighted by atomic mass is 32.1. The molecule has 0 aliphatic rings. The maximum absolute atomic E-state index is 13.3. The van der Waals surface area contributed by atoms with Gasteiger partial charge in [0.1, 0.15) is 22.7 Å². The molecule has 9 nitrogen and oxygen atoms in total. The largest absolute Gasteiger partial charge is 0.384 e. The zero-order valence-corrected chi connectivity index (χ0v) is 16.0. The maximum atomic E-state index is 13.3. The monoisotopic (exact) mass is 392 g/mol. The summed E-state index contributed by atoms with van der Waals surface area (Å²) in [6.07, 6.45) is 1.73. The number of thiazole rings is 1. The van der Waals surface area contributed by atoms with Crippen LogP contribution in [-0.4, -0.2) is 34.5 Å². The van der Waals surface area contributed by atoms with E-state index in [-0.39, 0.29) is 12.1 Å². The number of nitrogens with zero attached hydrogens (tertiary/aromatic N) is 6. The van der Waals surface area contributed by atoms with Gasteiger partial charge < -0.3 is 10.3 Å². The van der Waals surface area contributed by atoms with Crippen molar-refractivity contribution in [1.82, 2.24) is 34.5 Å². The third-order valence-electron chi connectivity index (χ3n) is 4.61. The van der Waals surface area contributed by atoms with Crippen molar-refractivity contribution >= 4 is 38.4 Å². The van der Waals surface area contributed by atoms with Crippen molar-refractivity contribution in [3.8, 4) is 11.4 Å². The first-order valence-electron chi connectivity index (χ1n) is 8.61. The van der Waals surface area contributed by atoms with Crippen molar-refractivity contribution < 1.29 is 0 Å². The standard InChI is InChI=1S/C18H16N8OS/c1-9-21-17-16(28-9)13-14(11-6-7-20-23-11)24-26(18(27)15(13)25(17)2)8-10-4-3-5-12(19)22-10/h3-7H,8H2,1-2H3,(H2,19,22)(H,20,23). The van der Waals surface area contributed by atoms with Crippen LogP contribution in [0.5, 0.6) is 0 Å². The maximum Gasteiger partial charge on any atom is 0.291 e. The molecule has 0 aromatic carbocycles. The molecule has 28 heavy (non-hydrogen) atoms. The van der Waals surface area contributed by atoms with Crippen LogP contribution in [0.3, 0.4) is 0 Å². The molecule has 3 N–H and O–H groups in total. The number of hydrogen-bond acceptors (Lipinski definition) is 7. The molecule has 10 heteroatoms. The van der Waals surface area contributed by atoms with E-state index >= 15 is 0 Å². The van der Waals surface area contributed by atoms with Crippen molar-refractivity contribution in [3.05, 3.63) is 51.5 Å². The highest BCUT2D eigenvalue weighted by molar-refractivity contribution is 7.19. The van der Waals surface area contributed by atoms with Crippen molar-refractivity contribution in [2.75, 3.05) is 5.73 Å². The molecule has 5 heterocycles. The minimum absolute atomic E-state index is 0.205. The Kier molecular flexibility index (Phi) is 3.56. The predicted octanol–water partition coefficient (Wildman–Crippen LogP) is 2.07. The Bertz CT molecular complexity index is 1390. The predicted molar refractivity (Wildman–Crippen MR) is 108 cm³/mol. The van der Waals surface area contributed by atoms with Gasteiger partial charge in [-0.1, -0.05) is 6.07 Å². The van der Waals surface area contributed by atoms with Gasteiger partial charge in [0.25, 0.3) is 5.56 Å². The number of aromatic amines is 1. The Morgan fingerprint density at radius 1 is 1.25 bits per heavy atom. The molecule has 5 aromatic heterocycles. The normalized spacial score (nSPS) is 11.6. The number of H-pyrrole nitrogens is 1. The SMILES string of the molecule is Cc1nc2c(s1)c1c(-c3cc[nH]n3)nn(Cc3cccc(N)n3)c(=O)c1n2C. The molecule has 0 unspecified atom stereocenters. The number of aryl methyl sites for hydroxylation is 2. The molecule has 0 atom stereocenters. The number of rotatable bonds is 3. The molecule has 0 aliphatic heterocycles. The second-order valence-corrected chi connectivity index (χ2v) is 7.70. The van der Waals surface area contributed by atoms with Gasteiger partial charge in [0.05, 0.1) is 27.3 Å². The van der Waals surface area contributed by atoms with Crippen LogP contribution in [0.15, 0.2) is 35.3 Å². The summed E-state index contributed by atoms with van der Waals surface area (Å²) in [5.41, 5.74) is 8.85. The minimum atomic E-state index is -0.205. The molecule has 0 spiro atoms. The van der Waals surface area contributed by atoms with Gasteiger partial charge in [-0.3, -0.25) is 9.89 Å². The average Bonchev–Trinajstić information content (AvgIpc) is 3.36. The number of fused-ring (bicyclic) bond motifs is 3. The summed E-state index contributed by atoms with van der Waals surface area (Å²) >= 11 is 1.55. The molecule has 0 radical (unpaired) electrons. The smallest absolute Gasteiger partial charge is 0.291 e. The lowest BCUT2D eigenvalue weighted by molar-refractivity contribution is 0.636. The average molecular weight is 392 g/mol. The van der Waals surface area contributed by atoms with Gasteiger partial charge in [-0.05, 0) is 25.1 Å². The lowest BCUT2D eigenvalue weighted by Gasteiger charge is -2.09. The zero-order valence-electron chi connectivity index (χ0n) is 15.2. The quantitative estimate of drug-likeness (QED) is 0.485. The van der Waals surface area contributed by atoms with E-state index in [0.29, 0.717) is 28.4 Å². The summed E-state index contributed by atoms with van der Waals surface area (Å²) in [6.45, 7) is 2.16. The van der Waals surface area contributed by atoms with E-state index in [0.717, 1.165) is 20.7 Å². The first kappa shape index (κ1) is 16.6. The Labute approximate surface area is 162 Å². The molecule has 140 valence electrons. The Morgan fingerprint density at radius 3 is 2.86 bits per heavy atom. The third kappa shape index (κ3) is 2.42. The minimum Gasteiger partial charge on any atom is -0.384 e. The summed E-state index contributed by atoms with van der Waals surface area (Å²) in [5, 5.41) is 13.5. The topological polar surface area (TPSA) is 120 Å². The molecule has 0 fully saturated rings. The van der Waals surface area contributed by atoms with Crippen molar-refractivity contribution in [3.63, 3.8) is 0 Å². The summed E-state index contributed by atoms with van der Waals surface area (Å²) in [6, 6.07) is 7.16. The number of anilines is 1. The lowest BCUT2D eigenvalue weighted by atomic mass is 10.2. The van der Waals surface area contributed by atoms with Gasteiger partial charge in [0.15, 0.2) is 5.65 Å². The fourth-order valence-electron chi connectivity index (χ4n) is 3.41. The molecule has 0 aliphatic carbocycles. The van der Waals surface area contributed by atoms with Gasteiger partial charge in [0.2, 0.25) is 0 Å². The first-order valence-corrected chi connectivity index (χ1v) is 9.43. The number of nitrogens with two attached hydrogens (primary N) is 1. The molecular weight excluding hydrogens is 376 g/mol. The van der Waals surface area contributed by atoms with Gasteiger partial charge in [-0.15, -0.1) is 11.3 Å². The zero-order chi connectivity index (χ0) is 19.4. The Morgan fingerprint density at radius 2 is 2.11 bits per heavy atom. The number of nitrogen functional groups attached to an aromatic ring is 1. The Balaban J connectivity index is 1.85. The Hall–Kier alpha value is -3.53. The second kappa shape index (κ2) is 5.99. The summed E-state index contributed by atoms with van der Waals surface area (Å²) in [7, 11) is 1.85. The molecule has 0 saturated heterocycles. The van der Waals surface area contributed by atoms with E-state index in [1.807, 2.05) is 30.7 Å². The molecule has 0 bridgehead atoms. The van der Waals surface area contributed by atoms with E-state index < -0.39 is 0 Å². The van der Waals surface area contributed by atoms with E-state index in [1.165, 1.54) is 4.68 Å². The molecule has 0 saturated carbocycles. The van der Waals surface area contributed by atoms with Crippen LogP contribution < -0.4 is 11.3 Å². The van der Waals surface area contributed by atoms with Gasteiger partial charge in [-0.25, -0.2) is 14.6 Å². The molecule has 5 rings (SSSR count). The summed E-state index contributed by atoms with van der Waals surface area (Å²) < 4.78 is 4.18. The van der Waals surface area contributed by atoms with E-state index in [1.54, 1.807) is 29.7 Å². The highest BCUT2D eigenvalue weighted by Crippen LogP contribution is 2.35. The van der Waals surface area contributed by atoms with Crippen molar-refractivity contribution in [2.24, 2.45) is 7.05 Å². The van der Waals surface area contributed by atoms with E-state index in [4.69, 9.17) is 5.73 Å². The third-order valence-corrected chi connectivity index (χ3v) is 5.59. The number of pyridine rings is 1. The fraction of sp³-hybridized carbons (Fsp3) is 0.167. The van der Waals surface area contributed by atoms with Crippen LogP contribution in [0.1, 0.15) is 10.7 Å². The first-order chi connectivity index (χ1) is 13.5. The number of nitrogens with one attached hydrogen (secondary N) is 1. The van der Waals surface area contributed by atoms with Crippen LogP contribution in [0.4, 0.5) is 5.82 Å². The number of aromatic nitrogens is 7. The highest BCUT2D eigenvalue weighted by Gasteiger charge is 2.23. The second-order valence-electron chi connectivity index (χ2n) is 6.49. The van der Waals surface area contributed by atoms with Crippen molar-refractivity contribution in [1.29, 1.82) is 0 Å². The molecule has 5 aromatic rings. The van der Waals surface area contributed by atoms with Crippen LogP contribution >= 0.6 is 11.3 Å². The number of hydrogen-bond donors (Lipinski definition) is 2. The van der Waals surface area contributed by atoms with Crippen molar-refractivity contribution in [2.45, 2.75) is 13.5 Å². The van der Waals surface area contributed by atoms with Crippen LogP contribution in [-0.2, 0) is 13.6 Å². The van der Waals surface area contributed by atoms with E-state index in [9.17, 15) is 4.79 Å². The van der Waals surface area contributed by atoms with Crippen LogP contribution in [0.25, 0.3) is 32.6 Å². The van der Waals surface area contributed by atoms with Crippen LogP contribution in [0, 0.1) is 6.92 Å². The summed E-state index contributed by atoms with van der Waals surface area (Å²) in [5.74, 6) is 0.401. The van der Waals surface area contributed by atoms with Gasteiger partial charge in [-0.2, -0.15) is 10.2 Å².